The van der Waals surface area contributed by atoms with Crippen molar-refractivity contribution in [2.45, 2.75) is 16.8 Å². The quantitative estimate of drug-likeness (QED) is 0.624. The standard InChI is InChI=1S/C10H10N4OS/c1-6-8(2-3-15-6)16-9-5-13-7(4-14-9)10(11)12/h2-5H,1H3,(H3,11,12). The van der Waals surface area contributed by atoms with Gasteiger partial charge in [0.05, 0.1) is 23.6 Å². The molecule has 3 N–H and O–H groups in total. The van der Waals surface area contributed by atoms with E-state index in [-0.39, 0.29) is 5.84 Å². The average Bonchev–Trinajstić information content (AvgIpc) is 2.65. The molecule has 2 heterocycles. The first-order valence-electron chi connectivity index (χ1n) is 4.55. The van der Waals surface area contributed by atoms with Crippen LogP contribution >= 0.6 is 11.8 Å². The van der Waals surface area contributed by atoms with E-state index in [1.807, 2.05) is 13.0 Å². The van der Waals surface area contributed by atoms with E-state index >= 15 is 0 Å². The molecule has 0 aliphatic heterocycles. The zero-order valence-electron chi connectivity index (χ0n) is 8.60. The summed E-state index contributed by atoms with van der Waals surface area (Å²) in [6, 6.07) is 1.88. The number of rotatable bonds is 3. The van der Waals surface area contributed by atoms with Gasteiger partial charge in [-0.2, -0.15) is 0 Å². The molecule has 0 amide bonds. The Hall–Kier alpha value is -1.82. The molecule has 2 aromatic rings. The van der Waals surface area contributed by atoms with E-state index in [9.17, 15) is 0 Å². The van der Waals surface area contributed by atoms with Crippen molar-refractivity contribution in [2.75, 3.05) is 0 Å². The number of nitrogen functional groups attached to an aromatic ring is 1. The van der Waals surface area contributed by atoms with Gasteiger partial charge in [-0.05, 0) is 13.0 Å². The molecule has 6 heteroatoms. The summed E-state index contributed by atoms with van der Waals surface area (Å²) < 4.78 is 5.18. The van der Waals surface area contributed by atoms with E-state index in [0.717, 1.165) is 15.7 Å². The van der Waals surface area contributed by atoms with Gasteiger partial charge in [-0.25, -0.2) is 9.97 Å². The summed E-state index contributed by atoms with van der Waals surface area (Å²) in [5, 5.41) is 7.93. The first-order chi connectivity index (χ1) is 7.66. The molecule has 0 aliphatic carbocycles. The third kappa shape index (κ3) is 2.22. The third-order valence-corrected chi connectivity index (χ3v) is 2.99. The van der Waals surface area contributed by atoms with Crippen LogP contribution in [-0.4, -0.2) is 15.8 Å². The molecule has 2 rings (SSSR count). The highest BCUT2D eigenvalue weighted by Crippen LogP contribution is 2.28. The van der Waals surface area contributed by atoms with Gasteiger partial charge in [0.25, 0.3) is 0 Å². The van der Waals surface area contributed by atoms with Gasteiger partial charge in [0, 0.05) is 0 Å². The molecule has 0 saturated heterocycles. The third-order valence-electron chi connectivity index (χ3n) is 1.93. The van der Waals surface area contributed by atoms with Gasteiger partial charge in [0.15, 0.2) is 0 Å². The normalized spacial score (nSPS) is 10.3. The summed E-state index contributed by atoms with van der Waals surface area (Å²) in [7, 11) is 0. The SMILES string of the molecule is Cc1occc1Sc1cnc(C(=N)N)cn1. The number of hydrogen-bond donors (Lipinski definition) is 2. The van der Waals surface area contributed by atoms with Crippen LogP contribution in [0, 0.1) is 12.3 Å². The van der Waals surface area contributed by atoms with Gasteiger partial charge >= 0.3 is 0 Å². The number of nitrogens with one attached hydrogen (secondary N) is 1. The number of nitrogens with two attached hydrogens (primary N) is 1. The lowest BCUT2D eigenvalue weighted by Gasteiger charge is -2.00. The van der Waals surface area contributed by atoms with Crippen LogP contribution in [0.2, 0.25) is 0 Å². The highest BCUT2D eigenvalue weighted by atomic mass is 32.2. The maximum Gasteiger partial charge on any atom is 0.143 e. The Morgan fingerprint density at radius 3 is 2.75 bits per heavy atom. The Morgan fingerprint density at radius 2 is 2.25 bits per heavy atom. The van der Waals surface area contributed by atoms with Crippen molar-refractivity contribution in [3.8, 4) is 0 Å². The molecule has 0 unspecified atom stereocenters. The first kappa shape index (κ1) is 10.7. The van der Waals surface area contributed by atoms with Crippen molar-refractivity contribution in [2.24, 2.45) is 5.73 Å². The zero-order valence-corrected chi connectivity index (χ0v) is 9.41. The zero-order chi connectivity index (χ0) is 11.5. The summed E-state index contributed by atoms with van der Waals surface area (Å²) in [6.07, 6.45) is 4.71. The Labute approximate surface area is 96.6 Å². The summed E-state index contributed by atoms with van der Waals surface area (Å²) in [5.41, 5.74) is 5.67. The second-order valence-electron chi connectivity index (χ2n) is 3.10. The van der Waals surface area contributed by atoms with Crippen molar-refractivity contribution in [1.82, 2.24) is 9.97 Å². The summed E-state index contributed by atoms with van der Waals surface area (Å²) in [4.78, 5) is 9.18. The highest BCUT2D eigenvalue weighted by molar-refractivity contribution is 7.99. The number of aromatic nitrogens is 2. The molecule has 0 aliphatic rings. The van der Waals surface area contributed by atoms with Crippen molar-refractivity contribution >= 4 is 17.6 Å². The van der Waals surface area contributed by atoms with Gasteiger partial charge in [-0.1, -0.05) is 11.8 Å². The minimum absolute atomic E-state index is 0.0801. The molecule has 0 spiro atoms. The molecular formula is C10H10N4OS. The molecule has 0 saturated carbocycles. The molecule has 0 bridgehead atoms. The second-order valence-corrected chi connectivity index (χ2v) is 4.16. The fourth-order valence-electron chi connectivity index (χ4n) is 1.10. The van der Waals surface area contributed by atoms with Gasteiger partial charge in [0.2, 0.25) is 0 Å². The van der Waals surface area contributed by atoms with Crippen molar-refractivity contribution in [3.63, 3.8) is 0 Å². The molecule has 82 valence electrons. The van der Waals surface area contributed by atoms with Crippen molar-refractivity contribution in [3.05, 3.63) is 36.2 Å². The monoisotopic (exact) mass is 234 g/mol. The van der Waals surface area contributed by atoms with Gasteiger partial charge in [0.1, 0.15) is 22.3 Å². The summed E-state index contributed by atoms with van der Waals surface area (Å²) in [6.45, 7) is 1.89. The van der Waals surface area contributed by atoms with E-state index in [4.69, 9.17) is 15.6 Å². The lowest BCUT2D eigenvalue weighted by atomic mass is 10.4. The number of nitrogens with zero attached hydrogens (tertiary/aromatic N) is 2. The van der Waals surface area contributed by atoms with Crippen LogP contribution in [0.3, 0.4) is 0 Å². The smallest absolute Gasteiger partial charge is 0.143 e. The molecule has 0 atom stereocenters. The summed E-state index contributed by atoms with van der Waals surface area (Å²) in [5.74, 6) is 0.769. The average molecular weight is 234 g/mol. The molecule has 2 aromatic heterocycles. The van der Waals surface area contributed by atoms with Crippen LogP contribution < -0.4 is 5.73 Å². The van der Waals surface area contributed by atoms with Gasteiger partial charge < -0.3 is 10.2 Å². The van der Waals surface area contributed by atoms with Crippen molar-refractivity contribution in [1.29, 1.82) is 5.41 Å². The molecule has 0 fully saturated rings. The van der Waals surface area contributed by atoms with E-state index < -0.39 is 0 Å². The lowest BCUT2D eigenvalue weighted by Crippen LogP contribution is -2.13. The number of hydrogen-bond acceptors (Lipinski definition) is 5. The van der Waals surface area contributed by atoms with Crippen LogP contribution in [0.5, 0.6) is 0 Å². The second kappa shape index (κ2) is 4.36. The lowest BCUT2D eigenvalue weighted by molar-refractivity contribution is 0.527. The Balaban J connectivity index is 2.17. The fourth-order valence-corrected chi connectivity index (χ4v) is 1.85. The predicted octanol–water partition coefficient (Wildman–Crippen LogP) is 1.81. The predicted molar refractivity (Wildman–Crippen MR) is 60.6 cm³/mol. The van der Waals surface area contributed by atoms with Crippen LogP contribution in [-0.2, 0) is 0 Å². The molecule has 16 heavy (non-hydrogen) atoms. The minimum Gasteiger partial charge on any atom is -0.468 e. The van der Waals surface area contributed by atoms with Crippen molar-refractivity contribution < 1.29 is 4.42 Å². The Kier molecular flexibility index (Phi) is 2.91. The topological polar surface area (TPSA) is 88.8 Å². The molecule has 0 radical (unpaired) electrons. The van der Waals surface area contributed by atoms with Gasteiger partial charge in [-0.15, -0.1) is 0 Å². The Morgan fingerprint density at radius 1 is 1.44 bits per heavy atom. The van der Waals surface area contributed by atoms with E-state index in [1.54, 1.807) is 12.5 Å². The van der Waals surface area contributed by atoms with Crippen LogP contribution in [0.25, 0.3) is 0 Å². The fraction of sp³-hybridized carbons (Fsp3) is 0.100. The minimum atomic E-state index is -0.0801. The largest absolute Gasteiger partial charge is 0.468 e. The van der Waals surface area contributed by atoms with E-state index in [0.29, 0.717) is 5.69 Å². The number of aryl methyl sites for hydroxylation is 1. The highest BCUT2D eigenvalue weighted by Gasteiger charge is 2.06. The molecule has 5 nitrogen and oxygen atoms in total. The number of furan rings is 1. The van der Waals surface area contributed by atoms with Crippen LogP contribution in [0.1, 0.15) is 11.5 Å². The number of amidine groups is 1. The molecular weight excluding hydrogens is 224 g/mol. The van der Waals surface area contributed by atoms with E-state index in [2.05, 4.69) is 9.97 Å². The van der Waals surface area contributed by atoms with Gasteiger partial charge in [-0.3, -0.25) is 5.41 Å². The molecule has 0 aromatic carbocycles. The Bertz CT molecular complexity index is 506. The van der Waals surface area contributed by atoms with E-state index in [1.165, 1.54) is 18.0 Å². The first-order valence-corrected chi connectivity index (χ1v) is 5.37. The maximum atomic E-state index is 7.19. The maximum absolute atomic E-state index is 7.19. The van der Waals surface area contributed by atoms with Crippen LogP contribution in [0.15, 0.2) is 39.1 Å². The summed E-state index contributed by atoms with van der Waals surface area (Å²) >= 11 is 1.46. The van der Waals surface area contributed by atoms with Crippen LogP contribution in [0.4, 0.5) is 0 Å².